The van der Waals surface area contributed by atoms with Crippen LogP contribution in [0, 0.1) is 0 Å². The lowest BCUT2D eigenvalue weighted by atomic mass is 10.0. The Morgan fingerprint density at radius 1 is 1.19 bits per heavy atom. The van der Waals surface area contributed by atoms with Gasteiger partial charge >= 0.3 is 5.97 Å². The van der Waals surface area contributed by atoms with Crippen LogP contribution < -0.4 is 0 Å². The molecule has 21 heavy (non-hydrogen) atoms. The summed E-state index contributed by atoms with van der Waals surface area (Å²) < 4.78 is 6.41. The number of ether oxygens (including phenoxy) is 1. The molecule has 0 fully saturated rings. The van der Waals surface area contributed by atoms with Crippen molar-refractivity contribution in [3.63, 3.8) is 0 Å². The van der Waals surface area contributed by atoms with Gasteiger partial charge in [0.1, 0.15) is 0 Å². The maximum atomic E-state index is 11.8. The van der Waals surface area contributed by atoms with Gasteiger partial charge in [-0.1, -0.05) is 42.5 Å². The predicted octanol–water partition coefficient (Wildman–Crippen LogP) is 2.05. The molecule has 106 valence electrons. The maximum Gasteiger partial charge on any atom is 0.378 e. The molecule has 0 aliphatic heterocycles. The van der Waals surface area contributed by atoms with Crippen molar-refractivity contribution in [2.45, 2.75) is 13.5 Å². The highest BCUT2D eigenvalue weighted by molar-refractivity contribution is 5.86. The molecule has 0 amide bonds. The van der Waals surface area contributed by atoms with Crippen molar-refractivity contribution in [1.82, 2.24) is 20.2 Å². The van der Waals surface area contributed by atoms with Gasteiger partial charge in [-0.15, -0.1) is 5.10 Å². The summed E-state index contributed by atoms with van der Waals surface area (Å²) in [4.78, 5) is 11.8. The smallest absolute Gasteiger partial charge is 0.378 e. The number of carbonyl (C=O) groups excluding carboxylic acids is 1. The quantitative estimate of drug-likeness (QED) is 0.685. The van der Waals surface area contributed by atoms with Crippen molar-refractivity contribution in [2.24, 2.45) is 0 Å². The molecular formula is C15H14N4O2. The molecule has 0 unspecified atom stereocenters. The van der Waals surface area contributed by atoms with Crippen molar-refractivity contribution in [2.75, 3.05) is 6.61 Å². The van der Waals surface area contributed by atoms with E-state index in [9.17, 15) is 4.79 Å². The normalized spacial score (nSPS) is 10.7. The van der Waals surface area contributed by atoms with E-state index in [4.69, 9.17) is 4.74 Å². The molecule has 6 heteroatoms. The van der Waals surface area contributed by atoms with Gasteiger partial charge in [0.15, 0.2) is 0 Å². The Labute approximate surface area is 121 Å². The summed E-state index contributed by atoms with van der Waals surface area (Å²) in [5.41, 5.74) is 1.05. The second kappa shape index (κ2) is 5.70. The van der Waals surface area contributed by atoms with Crippen LogP contribution in [0.4, 0.5) is 0 Å². The van der Waals surface area contributed by atoms with Crippen LogP contribution >= 0.6 is 0 Å². The summed E-state index contributed by atoms with van der Waals surface area (Å²) in [6, 6.07) is 14.1. The van der Waals surface area contributed by atoms with E-state index in [1.165, 1.54) is 4.68 Å². The fourth-order valence-corrected chi connectivity index (χ4v) is 2.24. The summed E-state index contributed by atoms with van der Waals surface area (Å²) in [6.07, 6.45) is 0. The molecule has 1 aromatic heterocycles. The third kappa shape index (κ3) is 2.60. The van der Waals surface area contributed by atoms with Gasteiger partial charge in [-0.2, -0.15) is 0 Å². The van der Waals surface area contributed by atoms with E-state index < -0.39 is 5.97 Å². The number of aromatic nitrogens is 4. The van der Waals surface area contributed by atoms with Crippen molar-refractivity contribution in [3.8, 4) is 0 Å². The van der Waals surface area contributed by atoms with E-state index in [1.807, 2.05) is 42.5 Å². The average molecular weight is 282 g/mol. The molecule has 0 saturated heterocycles. The van der Waals surface area contributed by atoms with Crippen LogP contribution in [0.2, 0.25) is 0 Å². The Kier molecular flexibility index (Phi) is 3.59. The molecule has 0 atom stereocenters. The highest BCUT2D eigenvalue weighted by Crippen LogP contribution is 2.19. The first-order chi connectivity index (χ1) is 10.3. The van der Waals surface area contributed by atoms with Crippen LogP contribution in [0.25, 0.3) is 10.8 Å². The zero-order chi connectivity index (χ0) is 14.7. The second-order valence-electron chi connectivity index (χ2n) is 4.52. The van der Waals surface area contributed by atoms with E-state index in [2.05, 4.69) is 15.5 Å². The number of carbonyl (C=O) groups is 1. The van der Waals surface area contributed by atoms with E-state index in [-0.39, 0.29) is 5.82 Å². The van der Waals surface area contributed by atoms with Gasteiger partial charge < -0.3 is 4.74 Å². The van der Waals surface area contributed by atoms with Gasteiger partial charge in [0.25, 0.3) is 5.82 Å². The Morgan fingerprint density at radius 2 is 2.00 bits per heavy atom. The second-order valence-corrected chi connectivity index (χ2v) is 4.52. The van der Waals surface area contributed by atoms with Crippen molar-refractivity contribution < 1.29 is 9.53 Å². The molecule has 2 aromatic carbocycles. The third-order valence-corrected chi connectivity index (χ3v) is 3.19. The third-order valence-electron chi connectivity index (χ3n) is 3.19. The van der Waals surface area contributed by atoms with Crippen LogP contribution in [0.15, 0.2) is 42.5 Å². The number of rotatable bonds is 4. The van der Waals surface area contributed by atoms with E-state index in [0.29, 0.717) is 13.2 Å². The molecule has 0 aliphatic carbocycles. The SMILES string of the molecule is CCOC(=O)c1nnnn1Cc1cccc2ccccc12. The van der Waals surface area contributed by atoms with Crippen LogP contribution in [0.3, 0.4) is 0 Å². The van der Waals surface area contributed by atoms with Crippen LogP contribution in [0.1, 0.15) is 23.1 Å². The number of fused-ring (bicyclic) bond motifs is 1. The first-order valence-electron chi connectivity index (χ1n) is 6.69. The monoisotopic (exact) mass is 282 g/mol. The molecule has 1 heterocycles. The molecule has 0 saturated carbocycles. The molecule has 0 aliphatic rings. The maximum absolute atomic E-state index is 11.8. The zero-order valence-electron chi connectivity index (χ0n) is 11.6. The number of nitrogens with zero attached hydrogens (tertiary/aromatic N) is 4. The fourth-order valence-electron chi connectivity index (χ4n) is 2.24. The van der Waals surface area contributed by atoms with Crippen molar-refractivity contribution >= 4 is 16.7 Å². The lowest BCUT2D eigenvalue weighted by molar-refractivity contribution is 0.0505. The van der Waals surface area contributed by atoms with Gasteiger partial charge in [-0.25, -0.2) is 9.48 Å². The first kappa shape index (κ1) is 13.2. The minimum Gasteiger partial charge on any atom is -0.460 e. The standard InChI is InChI=1S/C15H14N4O2/c1-2-21-15(20)14-16-17-18-19(14)10-12-8-5-7-11-6-3-4-9-13(11)12/h3-9H,2,10H2,1H3. The Morgan fingerprint density at radius 3 is 2.86 bits per heavy atom. The number of esters is 1. The Bertz CT molecular complexity index is 777. The molecule has 0 N–H and O–H groups in total. The summed E-state index contributed by atoms with van der Waals surface area (Å²) in [6.45, 7) is 2.46. The Hall–Kier alpha value is -2.76. The van der Waals surface area contributed by atoms with Crippen LogP contribution in [0.5, 0.6) is 0 Å². The number of tetrazole rings is 1. The zero-order valence-corrected chi connectivity index (χ0v) is 11.6. The van der Waals surface area contributed by atoms with Gasteiger partial charge in [0.05, 0.1) is 13.2 Å². The summed E-state index contributed by atoms with van der Waals surface area (Å²) in [5.74, 6) is -0.396. The summed E-state index contributed by atoms with van der Waals surface area (Å²) in [7, 11) is 0. The van der Waals surface area contributed by atoms with Crippen LogP contribution in [-0.4, -0.2) is 32.8 Å². The molecule has 6 nitrogen and oxygen atoms in total. The van der Waals surface area contributed by atoms with E-state index in [1.54, 1.807) is 6.92 Å². The minimum absolute atomic E-state index is 0.116. The predicted molar refractivity (Wildman–Crippen MR) is 76.8 cm³/mol. The largest absolute Gasteiger partial charge is 0.460 e. The average Bonchev–Trinajstić information content (AvgIpc) is 2.96. The van der Waals surface area contributed by atoms with Crippen LogP contribution in [-0.2, 0) is 11.3 Å². The highest BCUT2D eigenvalue weighted by Gasteiger charge is 2.17. The minimum atomic E-state index is -0.511. The molecule has 0 spiro atoms. The van der Waals surface area contributed by atoms with Gasteiger partial charge in [0, 0.05) is 0 Å². The fraction of sp³-hybridized carbons (Fsp3) is 0.200. The highest BCUT2D eigenvalue weighted by atomic mass is 16.5. The molecular weight excluding hydrogens is 268 g/mol. The molecule has 0 bridgehead atoms. The van der Waals surface area contributed by atoms with E-state index in [0.717, 1.165) is 16.3 Å². The van der Waals surface area contributed by atoms with Crippen molar-refractivity contribution in [3.05, 3.63) is 53.9 Å². The topological polar surface area (TPSA) is 69.9 Å². The molecule has 0 radical (unpaired) electrons. The molecule has 3 aromatic rings. The van der Waals surface area contributed by atoms with Gasteiger partial charge in [0.2, 0.25) is 0 Å². The van der Waals surface area contributed by atoms with E-state index >= 15 is 0 Å². The van der Waals surface area contributed by atoms with Gasteiger partial charge in [-0.3, -0.25) is 0 Å². The Balaban J connectivity index is 1.96. The molecule has 3 rings (SSSR count). The number of benzene rings is 2. The summed E-state index contributed by atoms with van der Waals surface area (Å²) in [5, 5.41) is 13.4. The lowest BCUT2D eigenvalue weighted by Crippen LogP contribution is -2.15. The van der Waals surface area contributed by atoms with Crippen molar-refractivity contribution in [1.29, 1.82) is 0 Å². The first-order valence-corrected chi connectivity index (χ1v) is 6.69. The number of hydrogen-bond acceptors (Lipinski definition) is 5. The number of hydrogen-bond donors (Lipinski definition) is 0. The lowest BCUT2D eigenvalue weighted by Gasteiger charge is -2.07. The van der Waals surface area contributed by atoms with Gasteiger partial charge in [-0.05, 0) is 33.7 Å². The summed E-state index contributed by atoms with van der Waals surface area (Å²) >= 11 is 0.